The number of hydrogen-bond donors (Lipinski definition) is 0. The Bertz CT molecular complexity index is 418. The average Bonchev–Trinajstić information content (AvgIpc) is 2.59. The number of hydrogen-bond acceptors (Lipinski definition) is 3. The van der Waals surface area contributed by atoms with Crippen molar-refractivity contribution in [2.75, 3.05) is 13.1 Å². The van der Waals surface area contributed by atoms with Crippen LogP contribution in [0.5, 0.6) is 0 Å². The molecule has 0 aromatic carbocycles. The molecule has 0 bridgehead atoms. The number of likely N-dealkylation sites (tertiary alicyclic amines) is 1. The van der Waals surface area contributed by atoms with Crippen LogP contribution in [0.4, 0.5) is 0 Å². The summed E-state index contributed by atoms with van der Waals surface area (Å²) < 4.78 is 3.15. The standard InChI is InChI=1S/C12H18BrN3O/c1-3-16-11(12(13)9(2)14-16)8-15-6-4-10(17)5-7-15/h3-8H2,1-2H3. The predicted octanol–water partition coefficient (Wildman–Crippen LogP) is 2.14. The van der Waals surface area contributed by atoms with Crippen LogP contribution in [0.2, 0.25) is 0 Å². The van der Waals surface area contributed by atoms with Gasteiger partial charge >= 0.3 is 0 Å². The van der Waals surface area contributed by atoms with Gasteiger partial charge in [0, 0.05) is 39.0 Å². The van der Waals surface area contributed by atoms with Gasteiger partial charge in [-0.05, 0) is 29.8 Å². The summed E-state index contributed by atoms with van der Waals surface area (Å²) in [4.78, 5) is 13.5. The van der Waals surface area contributed by atoms with E-state index in [1.165, 1.54) is 5.69 Å². The highest BCUT2D eigenvalue weighted by molar-refractivity contribution is 9.10. The Balaban J connectivity index is 2.10. The maximum Gasteiger partial charge on any atom is 0.135 e. The third-order valence-corrected chi connectivity index (χ3v) is 4.27. The molecule has 0 amide bonds. The fraction of sp³-hybridized carbons (Fsp3) is 0.667. The number of halogens is 1. The number of piperidine rings is 1. The fourth-order valence-corrected chi connectivity index (χ4v) is 2.60. The lowest BCUT2D eigenvalue weighted by Crippen LogP contribution is -2.34. The van der Waals surface area contributed by atoms with Gasteiger partial charge < -0.3 is 0 Å². The number of Topliss-reactive ketones (excluding diaryl/α,β-unsaturated/α-hetero) is 1. The summed E-state index contributed by atoms with van der Waals surface area (Å²) in [5.74, 6) is 0.389. The van der Waals surface area contributed by atoms with Crippen molar-refractivity contribution in [1.29, 1.82) is 0 Å². The van der Waals surface area contributed by atoms with Crippen molar-refractivity contribution in [2.45, 2.75) is 39.8 Å². The monoisotopic (exact) mass is 299 g/mol. The van der Waals surface area contributed by atoms with E-state index in [1.54, 1.807) is 0 Å². The first-order chi connectivity index (χ1) is 8.11. The van der Waals surface area contributed by atoms with Crippen LogP contribution in [0.1, 0.15) is 31.2 Å². The molecule has 0 atom stereocenters. The Hall–Kier alpha value is -0.680. The van der Waals surface area contributed by atoms with E-state index in [2.05, 4.69) is 32.9 Å². The van der Waals surface area contributed by atoms with E-state index in [-0.39, 0.29) is 0 Å². The third kappa shape index (κ3) is 2.77. The molecule has 0 aliphatic carbocycles. The lowest BCUT2D eigenvalue weighted by Gasteiger charge is -2.26. The van der Waals surface area contributed by atoms with Crippen molar-refractivity contribution in [3.63, 3.8) is 0 Å². The van der Waals surface area contributed by atoms with Gasteiger partial charge in [-0.1, -0.05) is 0 Å². The largest absolute Gasteiger partial charge is 0.300 e. The van der Waals surface area contributed by atoms with E-state index in [0.29, 0.717) is 18.6 Å². The third-order valence-electron chi connectivity index (χ3n) is 3.24. The Labute approximate surface area is 110 Å². The van der Waals surface area contributed by atoms with Gasteiger partial charge in [-0.3, -0.25) is 14.4 Å². The van der Waals surface area contributed by atoms with Gasteiger partial charge in [0.1, 0.15) is 5.78 Å². The summed E-state index contributed by atoms with van der Waals surface area (Å²) in [6.07, 6.45) is 1.38. The van der Waals surface area contributed by atoms with Gasteiger partial charge in [0.05, 0.1) is 15.9 Å². The minimum Gasteiger partial charge on any atom is -0.300 e. The summed E-state index contributed by atoms with van der Waals surface area (Å²) >= 11 is 3.60. The molecule has 17 heavy (non-hydrogen) atoms. The Kier molecular flexibility index (Phi) is 3.99. The first kappa shape index (κ1) is 12.8. The van der Waals surface area contributed by atoms with Crippen LogP contribution in [0.25, 0.3) is 0 Å². The van der Waals surface area contributed by atoms with E-state index >= 15 is 0 Å². The van der Waals surface area contributed by atoms with Crippen LogP contribution in [0, 0.1) is 6.92 Å². The van der Waals surface area contributed by atoms with Gasteiger partial charge in [-0.15, -0.1) is 0 Å². The van der Waals surface area contributed by atoms with Crippen molar-refractivity contribution in [1.82, 2.24) is 14.7 Å². The van der Waals surface area contributed by atoms with Crippen molar-refractivity contribution < 1.29 is 4.79 Å². The zero-order valence-electron chi connectivity index (χ0n) is 10.4. The van der Waals surface area contributed by atoms with Crippen molar-refractivity contribution in [2.24, 2.45) is 0 Å². The second kappa shape index (κ2) is 5.31. The van der Waals surface area contributed by atoms with Gasteiger partial charge in [0.25, 0.3) is 0 Å². The van der Waals surface area contributed by atoms with E-state index in [0.717, 1.165) is 36.3 Å². The number of carbonyl (C=O) groups excluding carboxylic acids is 1. The van der Waals surface area contributed by atoms with Crippen LogP contribution in [-0.4, -0.2) is 33.6 Å². The highest BCUT2D eigenvalue weighted by Crippen LogP contribution is 2.23. The van der Waals surface area contributed by atoms with Crippen molar-refractivity contribution >= 4 is 21.7 Å². The van der Waals surface area contributed by atoms with Gasteiger partial charge in [0.15, 0.2) is 0 Å². The summed E-state index contributed by atoms with van der Waals surface area (Å²) in [5.41, 5.74) is 2.26. The Morgan fingerprint density at radius 3 is 2.59 bits per heavy atom. The maximum atomic E-state index is 11.2. The Morgan fingerprint density at radius 2 is 2.00 bits per heavy atom. The molecule has 1 fully saturated rings. The molecule has 1 saturated heterocycles. The summed E-state index contributed by atoms with van der Waals surface area (Å²) in [6.45, 7) is 7.62. The molecule has 0 unspecified atom stereocenters. The lowest BCUT2D eigenvalue weighted by atomic mass is 10.1. The molecule has 5 heteroatoms. The predicted molar refractivity (Wildman–Crippen MR) is 69.9 cm³/mol. The molecule has 4 nitrogen and oxygen atoms in total. The van der Waals surface area contributed by atoms with E-state index in [1.807, 2.05) is 11.6 Å². The molecule has 0 saturated carbocycles. The van der Waals surface area contributed by atoms with E-state index in [9.17, 15) is 4.79 Å². The zero-order valence-corrected chi connectivity index (χ0v) is 12.0. The second-order valence-corrected chi connectivity index (χ2v) is 5.27. The first-order valence-electron chi connectivity index (χ1n) is 6.07. The van der Waals surface area contributed by atoms with Gasteiger partial charge in [0.2, 0.25) is 0 Å². The molecule has 0 N–H and O–H groups in total. The number of aromatic nitrogens is 2. The first-order valence-corrected chi connectivity index (χ1v) is 6.87. The zero-order chi connectivity index (χ0) is 12.4. The molecule has 0 spiro atoms. The molecular formula is C12H18BrN3O. The lowest BCUT2D eigenvalue weighted by molar-refractivity contribution is -0.121. The molecule has 1 aromatic heterocycles. The van der Waals surface area contributed by atoms with Crippen LogP contribution in [0.3, 0.4) is 0 Å². The molecule has 1 aliphatic heterocycles. The van der Waals surface area contributed by atoms with Crippen LogP contribution >= 0.6 is 15.9 Å². The number of carbonyl (C=O) groups is 1. The van der Waals surface area contributed by atoms with Crippen molar-refractivity contribution in [3.8, 4) is 0 Å². The van der Waals surface area contributed by atoms with E-state index in [4.69, 9.17) is 0 Å². The smallest absolute Gasteiger partial charge is 0.135 e. The van der Waals surface area contributed by atoms with Gasteiger partial charge in [-0.25, -0.2) is 0 Å². The van der Waals surface area contributed by atoms with Gasteiger partial charge in [-0.2, -0.15) is 5.10 Å². The topological polar surface area (TPSA) is 38.1 Å². The normalized spacial score (nSPS) is 17.7. The molecule has 94 valence electrons. The number of nitrogens with zero attached hydrogens (tertiary/aromatic N) is 3. The number of ketones is 1. The SMILES string of the molecule is CCn1nc(C)c(Br)c1CN1CCC(=O)CC1. The fourth-order valence-electron chi connectivity index (χ4n) is 2.19. The molecule has 2 heterocycles. The number of aryl methyl sites for hydroxylation is 2. The van der Waals surface area contributed by atoms with Crippen LogP contribution in [-0.2, 0) is 17.9 Å². The van der Waals surface area contributed by atoms with E-state index < -0.39 is 0 Å². The second-order valence-electron chi connectivity index (χ2n) is 4.48. The maximum absolute atomic E-state index is 11.2. The minimum absolute atomic E-state index is 0.389. The summed E-state index contributed by atoms with van der Waals surface area (Å²) in [6, 6.07) is 0. The molecule has 1 aliphatic rings. The summed E-state index contributed by atoms with van der Waals surface area (Å²) in [7, 11) is 0. The highest BCUT2D eigenvalue weighted by atomic mass is 79.9. The van der Waals surface area contributed by atoms with Crippen molar-refractivity contribution in [3.05, 3.63) is 15.9 Å². The molecule has 1 aromatic rings. The quantitative estimate of drug-likeness (QED) is 0.858. The highest BCUT2D eigenvalue weighted by Gasteiger charge is 2.20. The Morgan fingerprint density at radius 1 is 1.35 bits per heavy atom. The molecule has 0 radical (unpaired) electrons. The molecule has 2 rings (SSSR count). The van der Waals surface area contributed by atoms with Crippen LogP contribution in [0.15, 0.2) is 4.47 Å². The number of rotatable bonds is 3. The average molecular weight is 300 g/mol. The summed E-state index contributed by atoms with van der Waals surface area (Å²) in [5, 5.41) is 4.49. The van der Waals surface area contributed by atoms with Crippen LogP contribution < -0.4 is 0 Å². The molecular weight excluding hydrogens is 282 g/mol. The minimum atomic E-state index is 0.389.